The summed E-state index contributed by atoms with van der Waals surface area (Å²) in [5.41, 5.74) is -1.89. The molecule has 176 valence electrons. The lowest BCUT2D eigenvalue weighted by Crippen LogP contribution is -2.14. The highest BCUT2D eigenvalue weighted by Gasteiger charge is 2.34. The van der Waals surface area contributed by atoms with E-state index >= 15 is 0 Å². The quantitative estimate of drug-likeness (QED) is 0.169. The highest BCUT2D eigenvalue weighted by molar-refractivity contribution is 5.72. The first-order valence-electron chi connectivity index (χ1n) is 10.9. The molecule has 0 atom stereocenters. The number of hydrogen-bond acceptors (Lipinski definition) is 4. The Labute approximate surface area is 181 Å². The Morgan fingerprint density at radius 2 is 1.42 bits per heavy atom. The number of rotatable bonds is 15. The fraction of sp³-hybridized carbons (Fsp3) is 0.652. The summed E-state index contributed by atoms with van der Waals surface area (Å²) in [6.07, 6.45) is 4.34. The molecule has 8 heteroatoms. The number of carbonyl (C=O) groups excluding carboxylic acids is 2. The van der Waals surface area contributed by atoms with Crippen LogP contribution >= 0.6 is 0 Å². The van der Waals surface area contributed by atoms with Gasteiger partial charge in [0.15, 0.2) is 0 Å². The normalized spacial score (nSPS) is 11.4. The van der Waals surface area contributed by atoms with Gasteiger partial charge < -0.3 is 9.47 Å². The van der Waals surface area contributed by atoms with E-state index in [-0.39, 0.29) is 19.3 Å². The third-order valence-electron chi connectivity index (χ3n) is 4.82. The van der Waals surface area contributed by atoms with Gasteiger partial charge in [-0.05, 0) is 25.0 Å². The molecule has 0 N–H and O–H groups in total. The average molecular weight is 448 g/mol. The molecule has 0 aliphatic rings. The molecule has 0 aliphatic heterocycles. The van der Waals surface area contributed by atoms with E-state index in [1.54, 1.807) is 0 Å². The van der Waals surface area contributed by atoms with Crippen LogP contribution in [-0.2, 0) is 31.8 Å². The molecule has 0 heterocycles. The number of ether oxygens (including phenoxy) is 2. The van der Waals surface area contributed by atoms with Gasteiger partial charge in [-0.3, -0.25) is 9.59 Å². The summed E-state index contributed by atoms with van der Waals surface area (Å²) in [6, 6.07) is 2.55. The van der Waals surface area contributed by atoms with E-state index in [2.05, 4.69) is 6.92 Å². The third-order valence-corrected chi connectivity index (χ3v) is 4.82. The molecule has 0 fully saturated rings. The minimum absolute atomic E-state index is 0.0135. The predicted octanol–water partition coefficient (Wildman–Crippen LogP) is 6.74. The maximum absolute atomic E-state index is 13.7. The Hall–Kier alpha value is -2.12. The molecule has 1 aromatic carbocycles. The monoisotopic (exact) mass is 448 g/mol. The minimum atomic E-state index is -4.75. The highest BCUT2D eigenvalue weighted by Crippen LogP contribution is 2.33. The summed E-state index contributed by atoms with van der Waals surface area (Å²) in [5, 5.41) is 0. The van der Waals surface area contributed by atoms with Crippen LogP contribution in [-0.4, -0.2) is 18.5 Å². The van der Waals surface area contributed by atoms with Crippen LogP contribution in [0.15, 0.2) is 18.2 Å². The zero-order valence-corrected chi connectivity index (χ0v) is 18.1. The van der Waals surface area contributed by atoms with Crippen molar-refractivity contribution in [1.82, 2.24) is 0 Å². The lowest BCUT2D eigenvalue weighted by Gasteiger charge is -2.13. The molecule has 0 saturated heterocycles. The number of unbranched alkanes of at least 4 members (excludes halogenated alkanes) is 7. The van der Waals surface area contributed by atoms with Crippen molar-refractivity contribution in [2.24, 2.45) is 0 Å². The number of hydrogen-bond donors (Lipinski definition) is 0. The summed E-state index contributed by atoms with van der Waals surface area (Å²) in [6.45, 7) is 1.70. The molecule has 0 amide bonds. The summed E-state index contributed by atoms with van der Waals surface area (Å²) >= 11 is 0. The van der Waals surface area contributed by atoms with Crippen LogP contribution in [0.5, 0.6) is 0 Å². The van der Waals surface area contributed by atoms with Crippen LogP contribution < -0.4 is 0 Å². The van der Waals surface area contributed by atoms with Crippen molar-refractivity contribution >= 4 is 11.9 Å². The van der Waals surface area contributed by atoms with E-state index in [0.717, 1.165) is 37.5 Å². The molecule has 0 radical (unpaired) electrons. The Morgan fingerprint density at radius 1 is 0.839 bits per heavy atom. The second-order valence-corrected chi connectivity index (χ2v) is 7.47. The minimum Gasteiger partial charge on any atom is -0.466 e. The summed E-state index contributed by atoms with van der Waals surface area (Å²) < 4.78 is 62.3. The van der Waals surface area contributed by atoms with Crippen LogP contribution in [0.1, 0.15) is 88.7 Å². The van der Waals surface area contributed by atoms with E-state index in [1.807, 2.05) is 0 Å². The van der Waals surface area contributed by atoms with Gasteiger partial charge in [0.05, 0.1) is 12.2 Å². The predicted molar refractivity (Wildman–Crippen MR) is 109 cm³/mol. The van der Waals surface area contributed by atoms with E-state index in [4.69, 9.17) is 9.47 Å². The molecule has 31 heavy (non-hydrogen) atoms. The van der Waals surface area contributed by atoms with Gasteiger partial charge >= 0.3 is 18.1 Å². The van der Waals surface area contributed by atoms with Gasteiger partial charge in [-0.25, -0.2) is 4.39 Å². The first-order valence-corrected chi connectivity index (χ1v) is 10.9. The van der Waals surface area contributed by atoms with Crippen molar-refractivity contribution in [3.05, 3.63) is 35.1 Å². The molecular formula is C23H32F4O4. The van der Waals surface area contributed by atoms with Crippen LogP contribution in [0.2, 0.25) is 0 Å². The van der Waals surface area contributed by atoms with E-state index in [0.29, 0.717) is 6.61 Å². The molecule has 4 nitrogen and oxygen atoms in total. The standard InChI is InChI=1S/C23H32F4O4/c1-2-3-4-5-6-7-8-9-16-30-21(28)14-11-15-22(29)31-17-18-19(23(25,26)27)12-10-13-20(18)24/h10,12-13H,2-9,11,14-17H2,1H3. The smallest absolute Gasteiger partial charge is 0.416 e. The Balaban J connectivity index is 2.17. The lowest BCUT2D eigenvalue weighted by molar-refractivity contribution is -0.148. The summed E-state index contributed by atoms with van der Waals surface area (Å²) in [4.78, 5) is 23.4. The first-order chi connectivity index (χ1) is 14.8. The van der Waals surface area contributed by atoms with Crippen molar-refractivity contribution in [2.75, 3.05) is 6.61 Å². The SMILES string of the molecule is CCCCCCCCCCOC(=O)CCCC(=O)OCc1c(F)cccc1C(F)(F)F. The number of carbonyl (C=O) groups is 2. The van der Waals surface area contributed by atoms with Crippen molar-refractivity contribution < 1.29 is 36.6 Å². The Kier molecular flexibility index (Phi) is 12.9. The first kappa shape index (κ1) is 26.9. The summed E-state index contributed by atoms with van der Waals surface area (Å²) in [7, 11) is 0. The molecule has 1 rings (SSSR count). The lowest BCUT2D eigenvalue weighted by atomic mass is 10.1. The van der Waals surface area contributed by atoms with Gasteiger partial charge in [-0.2, -0.15) is 13.2 Å². The van der Waals surface area contributed by atoms with Gasteiger partial charge in [-0.1, -0.05) is 57.9 Å². The largest absolute Gasteiger partial charge is 0.466 e. The summed E-state index contributed by atoms with van der Waals surface area (Å²) in [5.74, 6) is -2.32. The zero-order chi connectivity index (χ0) is 23.1. The maximum Gasteiger partial charge on any atom is 0.416 e. The fourth-order valence-corrected chi connectivity index (χ4v) is 3.07. The number of halogens is 4. The average Bonchev–Trinajstić information content (AvgIpc) is 2.70. The van der Waals surface area contributed by atoms with Gasteiger partial charge in [0, 0.05) is 18.4 Å². The van der Waals surface area contributed by atoms with Crippen LogP contribution in [0.25, 0.3) is 0 Å². The van der Waals surface area contributed by atoms with Crippen LogP contribution in [0.4, 0.5) is 17.6 Å². The molecule has 0 bridgehead atoms. The van der Waals surface area contributed by atoms with Gasteiger partial charge in [0.1, 0.15) is 12.4 Å². The second kappa shape index (κ2) is 14.8. The fourth-order valence-electron chi connectivity index (χ4n) is 3.07. The number of benzene rings is 1. The molecule has 0 aromatic heterocycles. The second-order valence-electron chi connectivity index (χ2n) is 7.47. The molecular weight excluding hydrogens is 416 g/mol. The highest BCUT2D eigenvalue weighted by atomic mass is 19.4. The van der Waals surface area contributed by atoms with Crippen molar-refractivity contribution in [1.29, 1.82) is 0 Å². The van der Waals surface area contributed by atoms with Crippen molar-refractivity contribution in [2.45, 2.75) is 90.3 Å². The van der Waals surface area contributed by atoms with Gasteiger partial charge in [0.25, 0.3) is 0 Å². The van der Waals surface area contributed by atoms with E-state index in [9.17, 15) is 27.2 Å². The molecule has 1 aromatic rings. The molecule has 0 aliphatic carbocycles. The third kappa shape index (κ3) is 11.7. The molecule has 0 saturated carbocycles. The topological polar surface area (TPSA) is 52.6 Å². The van der Waals surface area contributed by atoms with Gasteiger partial charge in [-0.15, -0.1) is 0 Å². The molecule has 0 spiro atoms. The number of alkyl halides is 3. The maximum atomic E-state index is 13.7. The van der Waals surface area contributed by atoms with E-state index < -0.39 is 41.7 Å². The van der Waals surface area contributed by atoms with E-state index in [1.165, 1.54) is 32.1 Å². The zero-order valence-electron chi connectivity index (χ0n) is 18.1. The van der Waals surface area contributed by atoms with Crippen molar-refractivity contribution in [3.63, 3.8) is 0 Å². The van der Waals surface area contributed by atoms with Gasteiger partial charge in [0.2, 0.25) is 0 Å². The van der Waals surface area contributed by atoms with Crippen molar-refractivity contribution in [3.8, 4) is 0 Å². The van der Waals surface area contributed by atoms with Crippen LogP contribution in [0.3, 0.4) is 0 Å². The van der Waals surface area contributed by atoms with Crippen LogP contribution in [0, 0.1) is 5.82 Å². The Bertz CT molecular complexity index is 674. The Morgan fingerprint density at radius 3 is 2.03 bits per heavy atom. The number of esters is 2. The molecule has 0 unspecified atom stereocenters.